The molecule has 0 aliphatic rings. The first-order chi connectivity index (χ1) is 7.54. The standard InChI is InChI=1S/C12H13F2NO/c1-8(2)11(7-15)9-3-5-10(6-4-9)16-12(13)14/h3-6,8,11-12H,1-2H3. The summed E-state index contributed by atoms with van der Waals surface area (Å²) < 4.78 is 28.0. The minimum atomic E-state index is -2.82. The van der Waals surface area contributed by atoms with E-state index < -0.39 is 6.61 Å². The molecule has 0 saturated carbocycles. The SMILES string of the molecule is CC(C)C(C#N)c1ccc(OC(F)F)cc1. The number of benzene rings is 1. The number of hydrogen-bond donors (Lipinski definition) is 0. The van der Waals surface area contributed by atoms with Gasteiger partial charge in [0.2, 0.25) is 0 Å². The van der Waals surface area contributed by atoms with Crippen LogP contribution in [0, 0.1) is 17.2 Å². The Hall–Kier alpha value is -1.63. The van der Waals surface area contributed by atoms with Crippen molar-refractivity contribution in [2.45, 2.75) is 26.4 Å². The summed E-state index contributed by atoms with van der Waals surface area (Å²) in [6, 6.07) is 8.38. The lowest BCUT2D eigenvalue weighted by atomic mass is 9.90. The molecule has 1 unspecified atom stereocenters. The summed E-state index contributed by atoms with van der Waals surface area (Å²) in [6.45, 7) is 1.07. The van der Waals surface area contributed by atoms with E-state index in [1.807, 2.05) is 13.8 Å². The Morgan fingerprint density at radius 1 is 1.19 bits per heavy atom. The summed E-state index contributed by atoms with van der Waals surface area (Å²) in [5, 5.41) is 8.96. The fourth-order valence-electron chi connectivity index (χ4n) is 1.47. The minimum absolute atomic E-state index is 0.110. The molecule has 0 aliphatic heterocycles. The summed E-state index contributed by atoms with van der Waals surface area (Å²) in [5.41, 5.74) is 0.819. The molecule has 0 saturated heterocycles. The topological polar surface area (TPSA) is 33.0 Å². The highest BCUT2D eigenvalue weighted by atomic mass is 19.3. The molecule has 1 rings (SSSR count). The summed E-state index contributed by atoms with van der Waals surface area (Å²) in [4.78, 5) is 0. The first-order valence-electron chi connectivity index (χ1n) is 4.99. The van der Waals surface area contributed by atoms with E-state index in [9.17, 15) is 8.78 Å². The smallest absolute Gasteiger partial charge is 0.387 e. The van der Waals surface area contributed by atoms with Crippen molar-refractivity contribution >= 4 is 0 Å². The van der Waals surface area contributed by atoms with Gasteiger partial charge in [0.05, 0.1) is 12.0 Å². The molecule has 4 heteroatoms. The van der Waals surface area contributed by atoms with Gasteiger partial charge in [-0.25, -0.2) is 0 Å². The van der Waals surface area contributed by atoms with Crippen LogP contribution in [0.15, 0.2) is 24.3 Å². The molecule has 86 valence electrons. The zero-order valence-electron chi connectivity index (χ0n) is 9.15. The number of nitrogens with zero attached hydrogens (tertiary/aromatic N) is 1. The molecule has 1 aromatic rings. The molecule has 0 heterocycles. The highest BCUT2D eigenvalue weighted by Gasteiger charge is 2.15. The quantitative estimate of drug-likeness (QED) is 0.785. The van der Waals surface area contributed by atoms with E-state index in [-0.39, 0.29) is 17.6 Å². The molecule has 1 atom stereocenters. The van der Waals surface area contributed by atoms with Crippen molar-refractivity contribution < 1.29 is 13.5 Å². The Balaban J connectivity index is 2.82. The van der Waals surface area contributed by atoms with Crippen LogP contribution in [-0.2, 0) is 0 Å². The highest BCUT2D eigenvalue weighted by Crippen LogP contribution is 2.25. The lowest BCUT2D eigenvalue weighted by molar-refractivity contribution is -0.0498. The summed E-state index contributed by atoms with van der Waals surface area (Å²) in [6.07, 6.45) is 0. The number of alkyl halides is 2. The Bertz CT molecular complexity index is 368. The van der Waals surface area contributed by atoms with E-state index in [1.165, 1.54) is 12.1 Å². The van der Waals surface area contributed by atoms with E-state index in [0.29, 0.717) is 0 Å². The minimum Gasteiger partial charge on any atom is -0.435 e. The molecule has 16 heavy (non-hydrogen) atoms. The van der Waals surface area contributed by atoms with E-state index >= 15 is 0 Å². The molecular formula is C12H13F2NO. The lowest BCUT2D eigenvalue weighted by Crippen LogP contribution is -2.05. The third-order valence-corrected chi connectivity index (χ3v) is 2.27. The second kappa shape index (κ2) is 5.45. The van der Waals surface area contributed by atoms with Crippen LogP contribution < -0.4 is 4.74 Å². The molecular weight excluding hydrogens is 212 g/mol. The lowest BCUT2D eigenvalue weighted by Gasteiger charge is -2.13. The predicted octanol–water partition coefficient (Wildman–Crippen LogP) is 3.55. The van der Waals surface area contributed by atoms with Crippen LogP contribution >= 0.6 is 0 Å². The maximum atomic E-state index is 11.9. The number of halogens is 2. The van der Waals surface area contributed by atoms with Crippen LogP contribution in [-0.4, -0.2) is 6.61 Å². The third kappa shape index (κ3) is 3.20. The molecule has 0 aliphatic carbocycles. The van der Waals surface area contributed by atoms with Gasteiger partial charge < -0.3 is 4.74 Å². The van der Waals surface area contributed by atoms with Gasteiger partial charge in [-0.3, -0.25) is 0 Å². The third-order valence-electron chi connectivity index (χ3n) is 2.27. The van der Waals surface area contributed by atoms with Gasteiger partial charge in [-0.1, -0.05) is 26.0 Å². The molecule has 1 aromatic carbocycles. The van der Waals surface area contributed by atoms with Crippen molar-refractivity contribution in [1.82, 2.24) is 0 Å². The zero-order chi connectivity index (χ0) is 12.1. The Morgan fingerprint density at radius 2 is 1.75 bits per heavy atom. The molecule has 0 N–H and O–H groups in total. The van der Waals surface area contributed by atoms with Crippen molar-refractivity contribution in [1.29, 1.82) is 5.26 Å². The van der Waals surface area contributed by atoms with E-state index in [2.05, 4.69) is 10.8 Å². The zero-order valence-corrected chi connectivity index (χ0v) is 9.15. The van der Waals surface area contributed by atoms with Gasteiger partial charge in [-0.15, -0.1) is 0 Å². The fourth-order valence-corrected chi connectivity index (χ4v) is 1.47. The average molecular weight is 225 g/mol. The van der Waals surface area contributed by atoms with Crippen LogP contribution in [0.25, 0.3) is 0 Å². The number of nitriles is 1. The van der Waals surface area contributed by atoms with Crippen LogP contribution in [0.3, 0.4) is 0 Å². The highest BCUT2D eigenvalue weighted by molar-refractivity contribution is 5.32. The maximum Gasteiger partial charge on any atom is 0.387 e. The Morgan fingerprint density at radius 3 is 2.12 bits per heavy atom. The fraction of sp³-hybridized carbons (Fsp3) is 0.417. The predicted molar refractivity (Wildman–Crippen MR) is 56.3 cm³/mol. The van der Waals surface area contributed by atoms with Gasteiger partial charge in [-0.2, -0.15) is 14.0 Å². The van der Waals surface area contributed by atoms with Gasteiger partial charge in [0.25, 0.3) is 0 Å². The van der Waals surface area contributed by atoms with Gasteiger partial charge in [0, 0.05) is 0 Å². The van der Waals surface area contributed by atoms with E-state index in [1.54, 1.807) is 12.1 Å². The Kier molecular flexibility index (Phi) is 4.24. The molecule has 0 radical (unpaired) electrons. The second-order valence-electron chi connectivity index (χ2n) is 3.80. The largest absolute Gasteiger partial charge is 0.435 e. The van der Waals surface area contributed by atoms with Gasteiger partial charge in [-0.05, 0) is 23.6 Å². The summed E-state index contributed by atoms with van der Waals surface area (Å²) >= 11 is 0. The average Bonchev–Trinajstić information content (AvgIpc) is 2.20. The van der Waals surface area contributed by atoms with Crippen LogP contribution in [0.1, 0.15) is 25.3 Å². The van der Waals surface area contributed by atoms with Crippen molar-refractivity contribution in [3.05, 3.63) is 29.8 Å². The van der Waals surface area contributed by atoms with Crippen LogP contribution in [0.5, 0.6) is 5.75 Å². The first-order valence-corrected chi connectivity index (χ1v) is 4.99. The van der Waals surface area contributed by atoms with Crippen LogP contribution in [0.4, 0.5) is 8.78 Å². The maximum absolute atomic E-state index is 11.9. The molecule has 0 bridgehead atoms. The first kappa shape index (κ1) is 12.4. The number of rotatable bonds is 4. The van der Waals surface area contributed by atoms with E-state index in [4.69, 9.17) is 5.26 Å². The van der Waals surface area contributed by atoms with Gasteiger partial charge >= 0.3 is 6.61 Å². The molecule has 0 spiro atoms. The van der Waals surface area contributed by atoms with Gasteiger partial charge in [0.15, 0.2) is 0 Å². The van der Waals surface area contributed by atoms with E-state index in [0.717, 1.165) is 5.56 Å². The summed E-state index contributed by atoms with van der Waals surface area (Å²) in [5.74, 6) is 0.0756. The van der Waals surface area contributed by atoms with Crippen molar-refractivity contribution in [3.8, 4) is 11.8 Å². The molecule has 2 nitrogen and oxygen atoms in total. The monoisotopic (exact) mass is 225 g/mol. The normalized spacial score (nSPS) is 12.6. The Labute approximate surface area is 93.5 Å². The molecule has 0 amide bonds. The number of hydrogen-bond acceptors (Lipinski definition) is 2. The summed E-state index contributed by atoms with van der Waals surface area (Å²) in [7, 11) is 0. The van der Waals surface area contributed by atoms with Crippen molar-refractivity contribution in [2.24, 2.45) is 5.92 Å². The molecule has 0 aromatic heterocycles. The second-order valence-corrected chi connectivity index (χ2v) is 3.80. The van der Waals surface area contributed by atoms with Crippen molar-refractivity contribution in [3.63, 3.8) is 0 Å². The van der Waals surface area contributed by atoms with Gasteiger partial charge in [0.1, 0.15) is 5.75 Å². The van der Waals surface area contributed by atoms with Crippen molar-refractivity contribution in [2.75, 3.05) is 0 Å². The molecule has 0 fully saturated rings. The van der Waals surface area contributed by atoms with Crippen LogP contribution in [0.2, 0.25) is 0 Å². The number of ether oxygens (including phenoxy) is 1.